The van der Waals surface area contributed by atoms with Gasteiger partial charge in [-0.05, 0) is 0 Å². The zero-order valence-corrected chi connectivity index (χ0v) is 40.9. The smallest absolute Gasteiger partial charge is 0.726 e. The van der Waals surface area contributed by atoms with Gasteiger partial charge in [-0.2, -0.15) is 0 Å². The summed E-state index contributed by atoms with van der Waals surface area (Å²) in [5.41, 5.74) is 0. The van der Waals surface area contributed by atoms with Crippen molar-refractivity contribution >= 4 is 10.4 Å². The minimum atomic E-state index is -4.92. The second kappa shape index (κ2) is 27.7. The van der Waals surface area contributed by atoms with Crippen LogP contribution in [0.15, 0.2) is 0 Å². The third-order valence-corrected chi connectivity index (χ3v) is 12.7. The van der Waals surface area contributed by atoms with Gasteiger partial charge in [-0.3, -0.25) is 4.55 Å². The third-order valence-electron chi connectivity index (χ3n) is 12.7. The molecule has 30 atom stereocenters. The second-order valence-electron chi connectivity index (χ2n) is 17.3. The molecule has 22 fully saturated rings. The number of rotatable bonds is 6. The van der Waals surface area contributed by atoms with Gasteiger partial charge in [0.05, 0.1) is 39.6 Å². The molecular weight excluding hydrogens is 1050 g/mol. The van der Waals surface area contributed by atoms with Gasteiger partial charge in [-0.1, -0.05) is 0 Å². The van der Waals surface area contributed by atoms with Crippen LogP contribution in [0, 0.1) is 0 Å². The minimum Gasteiger partial charge on any atom is -0.726 e. The zero-order valence-electron chi connectivity index (χ0n) is 38.1. The molecule has 22 rings (SSSR count). The Labute approximate surface area is 434 Å². The number of aliphatic hydroxyl groups is 18. The largest absolute Gasteiger partial charge is 1.00 e. The first-order valence-corrected chi connectivity index (χ1v) is 23.1. The van der Waals surface area contributed by atoms with Crippen molar-refractivity contribution in [2.45, 2.75) is 184 Å². The number of aliphatic hydroxyl groups excluding tert-OH is 18. The zero-order chi connectivity index (χ0) is 52.5. The molecule has 0 saturated carbocycles. The van der Waals surface area contributed by atoms with E-state index < -0.39 is 234 Å². The van der Waals surface area contributed by atoms with Gasteiger partial charge in [-0.15, -0.1) is 0 Å². The van der Waals surface area contributed by atoms with Gasteiger partial charge in [0.2, 0.25) is 10.4 Å². The first kappa shape index (κ1) is 65.2. The van der Waals surface area contributed by atoms with Gasteiger partial charge in [0.15, 0.2) is 37.7 Å². The summed E-state index contributed by atoms with van der Waals surface area (Å²) in [6, 6.07) is 0. The average molecular weight is 1110 g/mol. The fraction of sp³-hybridized carbons (Fsp3) is 1.00. The minimum absolute atomic E-state index is 0. The van der Waals surface area contributed by atoms with Crippen LogP contribution in [0.25, 0.3) is 0 Å². The van der Waals surface area contributed by atoms with E-state index in [2.05, 4.69) is 0 Å². The summed E-state index contributed by atoms with van der Waals surface area (Å²) < 4.78 is 101. The molecule has 37 heteroatoms. The molecule has 0 aromatic heterocycles. The molecule has 424 valence electrons. The Morgan fingerprint density at radius 3 is 0.493 bits per heavy atom. The summed E-state index contributed by atoms with van der Waals surface area (Å²) in [7, 11) is -4.92. The van der Waals surface area contributed by atoms with Gasteiger partial charge in [0, 0.05) is 0 Å². The van der Waals surface area contributed by atoms with Crippen LogP contribution in [-0.4, -0.2) is 339 Å². The number of ether oxygens (including phenoxy) is 12. The predicted octanol–water partition coefficient (Wildman–Crippen LogP) is -17.9. The Bertz CT molecular complexity index is 1470. The van der Waals surface area contributed by atoms with Crippen molar-refractivity contribution in [3.63, 3.8) is 0 Å². The Balaban J connectivity index is 0.00000157. The standard InChI is InChI=1S/C36H60O30.Na.H2O4S.H2O/c37-1-7-25-13(43)19(49)31(55-7)62-26-8(2-38)57-33(21(51)15(26)45)64-28-10(4-40)59-35(23(53)17(28)47)66-30-12(6-42)60-36(24(54)18(30)48)65-29-11(5-41)58-34(22(52)16(29)46)63-27-9(3-39)56-32(61-25)20(50)14(27)44;;1-5(2,3)4;/h7-54H,1-6H2;;(H2,1,2,3,4);1H2/q;+1;;/p-1/t7-,8-,9-,10-,11-,12-,13-,14-,15-,16-,17-,18+,19-,20-,21-,22-,23-,24+,25-,26-,27-,28-,29-,30-,31-,32-,33-,34-,35-,36-;;;/m1.../s1. The quantitative estimate of drug-likeness (QED) is 0.0667. The summed E-state index contributed by atoms with van der Waals surface area (Å²) >= 11 is 0. The summed E-state index contributed by atoms with van der Waals surface area (Å²) in [6.45, 7) is -5.99. The van der Waals surface area contributed by atoms with Gasteiger partial charge in [0.25, 0.3) is 0 Å². The molecule has 0 aromatic rings. The fourth-order valence-corrected chi connectivity index (χ4v) is 8.93. The number of hydrogen-bond donors (Lipinski definition) is 19. The normalized spacial score (nSPS) is 50.8. The average Bonchev–Trinajstić information content (AvgIpc) is 3.33. The Kier molecular flexibility index (Phi) is 24.7. The van der Waals surface area contributed by atoms with Crippen LogP contribution < -0.4 is 29.6 Å². The Morgan fingerprint density at radius 2 is 0.397 bits per heavy atom. The van der Waals surface area contributed by atoms with Crippen LogP contribution in [-0.2, 0) is 67.2 Å². The van der Waals surface area contributed by atoms with Crippen LogP contribution in [0.1, 0.15) is 0 Å². The summed E-state index contributed by atoms with van der Waals surface area (Å²) in [6.07, 6.45) is -58.5. The predicted molar refractivity (Wildman–Crippen MR) is 212 cm³/mol. The molecule has 0 amide bonds. The maximum atomic E-state index is 11.2. The first-order chi connectivity index (χ1) is 33.4. The maximum absolute atomic E-state index is 11.2. The first-order valence-electron chi connectivity index (χ1n) is 21.8. The van der Waals surface area contributed by atoms with Crippen molar-refractivity contribution in [1.29, 1.82) is 0 Å². The molecule has 0 aliphatic carbocycles. The van der Waals surface area contributed by atoms with E-state index in [0.29, 0.717) is 0 Å². The van der Waals surface area contributed by atoms with Crippen LogP contribution in [0.2, 0.25) is 0 Å². The van der Waals surface area contributed by atoms with Crippen LogP contribution >= 0.6 is 0 Å². The van der Waals surface area contributed by atoms with Gasteiger partial charge in [0.1, 0.15) is 146 Å². The molecule has 22 heterocycles. The molecule has 22 aliphatic rings. The van der Waals surface area contributed by atoms with E-state index in [1.54, 1.807) is 0 Å². The van der Waals surface area contributed by atoms with Gasteiger partial charge >= 0.3 is 29.6 Å². The second-order valence-corrected chi connectivity index (χ2v) is 18.1. The summed E-state index contributed by atoms with van der Waals surface area (Å²) in [5.74, 6) is 0. The van der Waals surface area contributed by atoms with Crippen molar-refractivity contribution in [2.24, 2.45) is 0 Å². The molecule has 0 radical (unpaired) electrons. The fourth-order valence-electron chi connectivity index (χ4n) is 8.93. The van der Waals surface area contributed by atoms with E-state index in [1.165, 1.54) is 0 Å². The van der Waals surface area contributed by atoms with E-state index in [4.69, 9.17) is 74.4 Å². The molecule has 22 aliphatic heterocycles. The van der Waals surface area contributed by atoms with Crippen molar-refractivity contribution in [3.05, 3.63) is 0 Å². The van der Waals surface area contributed by atoms with Crippen LogP contribution in [0.3, 0.4) is 0 Å². The number of hydrogen-bond acceptors (Lipinski definition) is 33. The third kappa shape index (κ3) is 14.3. The molecule has 73 heavy (non-hydrogen) atoms. The summed E-state index contributed by atoms with van der Waals surface area (Å²) in [5, 5.41) is 196. The van der Waals surface area contributed by atoms with Gasteiger partial charge in [-0.25, -0.2) is 8.42 Å². The molecule has 0 spiro atoms. The van der Waals surface area contributed by atoms with Crippen molar-refractivity contribution in [2.75, 3.05) is 39.6 Å². The van der Waals surface area contributed by atoms with E-state index in [0.717, 1.165) is 0 Å². The topological polar surface area (TPSA) is 584 Å². The maximum Gasteiger partial charge on any atom is 1.00 e. The van der Waals surface area contributed by atoms with E-state index >= 15 is 0 Å². The molecule has 35 nitrogen and oxygen atoms in total. The SMILES string of the molecule is O.O=S(=O)([O-])O.OC[C@H]1O[C@@H]2O[C@H]3[C@H](O)[C@@H](O)[C@@H](O[C@H]4[C@H](O)[C@@H](O)[C@@H](O[C@H]5[C@H](O)[C@@H](O)[C@@H](O[C@H]6[C@H](O)[C@@H](O)[C@@H](O[C@H]7[C@@H](O)[C@H](O)[C@@H](O[C@H]1[C@H](O)[C@H]2O)O[C@@H]7CO)O[C@@H]6CO)O[C@@H]5CO)O[C@@H]4CO)O[C@@H]3CO.[Na+]. The summed E-state index contributed by atoms with van der Waals surface area (Å²) in [4.78, 5) is 0. The van der Waals surface area contributed by atoms with Crippen molar-refractivity contribution < 1.29 is 201 Å². The molecule has 0 aromatic carbocycles. The Hall–Kier alpha value is -0.370. The molecule has 12 bridgehead atoms. The van der Waals surface area contributed by atoms with E-state index in [1.807, 2.05) is 0 Å². The Morgan fingerprint density at radius 1 is 0.288 bits per heavy atom. The van der Waals surface area contributed by atoms with Crippen LogP contribution in [0.5, 0.6) is 0 Å². The van der Waals surface area contributed by atoms with E-state index in [9.17, 15) is 91.9 Å². The molecule has 21 N–H and O–H groups in total. The van der Waals surface area contributed by atoms with Gasteiger partial charge < -0.3 is 159 Å². The molecular formula is C36H63NaO35S. The van der Waals surface area contributed by atoms with Crippen LogP contribution in [0.4, 0.5) is 0 Å². The van der Waals surface area contributed by atoms with Crippen molar-refractivity contribution in [1.82, 2.24) is 0 Å². The van der Waals surface area contributed by atoms with E-state index in [-0.39, 0.29) is 35.0 Å². The molecule has 0 unspecified atom stereocenters. The monoisotopic (exact) mass is 1110 g/mol. The molecule has 22 saturated heterocycles. The van der Waals surface area contributed by atoms with Crippen molar-refractivity contribution in [3.8, 4) is 0 Å².